The van der Waals surface area contributed by atoms with Gasteiger partial charge in [-0.05, 0) is 44.3 Å². The van der Waals surface area contributed by atoms with Crippen LogP contribution >= 0.6 is 11.3 Å². The van der Waals surface area contributed by atoms with Gasteiger partial charge < -0.3 is 5.32 Å². The molecule has 0 radical (unpaired) electrons. The maximum Gasteiger partial charge on any atom is 0.252 e. The zero-order valence-corrected chi connectivity index (χ0v) is 10.4. The molecule has 88 valence electrons. The number of nitrogens with one attached hydrogen (secondary N) is 1. The minimum Gasteiger partial charge on any atom is -0.350 e. The summed E-state index contributed by atoms with van der Waals surface area (Å²) in [4.78, 5) is 14.1. The van der Waals surface area contributed by atoms with E-state index in [1.54, 1.807) is 11.3 Å². The van der Waals surface area contributed by atoms with Crippen LogP contribution in [0.25, 0.3) is 0 Å². The summed E-state index contributed by atoms with van der Waals surface area (Å²) in [5, 5.41) is 6.80. The summed E-state index contributed by atoms with van der Waals surface area (Å²) in [6, 6.07) is 2.31. The summed E-state index contributed by atoms with van der Waals surface area (Å²) < 4.78 is 0. The van der Waals surface area contributed by atoms with Crippen LogP contribution in [0.15, 0.2) is 16.8 Å². The van der Waals surface area contributed by atoms with Crippen LogP contribution in [0.5, 0.6) is 0 Å². The van der Waals surface area contributed by atoms with Crippen molar-refractivity contribution in [2.45, 2.75) is 25.8 Å². The molecule has 1 saturated heterocycles. The molecule has 1 aromatic rings. The molecule has 1 atom stereocenters. The van der Waals surface area contributed by atoms with Gasteiger partial charge in [-0.15, -0.1) is 0 Å². The van der Waals surface area contributed by atoms with Crippen molar-refractivity contribution in [2.75, 3.05) is 19.6 Å². The molecular weight excluding hydrogens is 220 g/mol. The number of hydrogen-bond donors (Lipinski definition) is 1. The van der Waals surface area contributed by atoms with Gasteiger partial charge in [-0.2, -0.15) is 11.3 Å². The van der Waals surface area contributed by atoms with Gasteiger partial charge in [0.05, 0.1) is 0 Å². The van der Waals surface area contributed by atoms with Crippen molar-refractivity contribution in [3.05, 3.63) is 22.4 Å². The Morgan fingerprint density at radius 2 is 2.31 bits per heavy atom. The van der Waals surface area contributed by atoms with E-state index in [1.165, 1.54) is 25.9 Å². The summed E-state index contributed by atoms with van der Waals surface area (Å²) in [5.74, 6) is 0.0484. The van der Waals surface area contributed by atoms with Gasteiger partial charge in [0.15, 0.2) is 0 Å². The Kier molecular flexibility index (Phi) is 3.96. The van der Waals surface area contributed by atoms with Crippen LogP contribution in [0.2, 0.25) is 0 Å². The second-order valence-electron chi connectivity index (χ2n) is 4.31. The van der Waals surface area contributed by atoms with E-state index in [0.717, 1.165) is 12.1 Å². The molecule has 0 bridgehead atoms. The molecule has 2 rings (SSSR count). The highest BCUT2D eigenvalue weighted by atomic mass is 32.1. The van der Waals surface area contributed by atoms with Gasteiger partial charge in [-0.1, -0.05) is 0 Å². The number of carbonyl (C=O) groups is 1. The maximum atomic E-state index is 11.7. The third-order valence-corrected chi connectivity index (χ3v) is 3.79. The highest BCUT2D eigenvalue weighted by Crippen LogP contribution is 2.11. The molecule has 0 unspecified atom stereocenters. The van der Waals surface area contributed by atoms with Gasteiger partial charge in [-0.3, -0.25) is 9.69 Å². The summed E-state index contributed by atoms with van der Waals surface area (Å²) in [5.41, 5.74) is 0.777. The van der Waals surface area contributed by atoms with E-state index < -0.39 is 0 Å². The number of amides is 1. The molecule has 1 aliphatic rings. The number of likely N-dealkylation sites (tertiary alicyclic amines) is 1. The fourth-order valence-electron chi connectivity index (χ4n) is 2.05. The number of nitrogens with zero attached hydrogens (tertiary/aromatic N) is 1. The fourth-order valence-corrected chi connectivity index (χ4v) is 2.68. The van der Waals surface area contributed by atoms with E-state index in [2.05, 4.69) is 17.1 Å². The van der Waals surface area contributed by atoms with Crippen LogP contribution in [-0.4, -0.2) is 36.5 Å². The second kappa shape index (κ2) is 5.46. The van der Waals surface area contributed by atoms with Crippen molar-refractivity contribution >= 4 is 17.2 Å². The van der Waals surface area contributed by atoms with Gasteiger partial charge >= 0.3 is 0 Å². The van der Waals surface area contributed by atoms with Gasteiger partial charge in [-0.25, -0.2) is 0 Å². The third-order valence-electron chi connectivity index (χ3n) is 3.11. The summed E-state index contributed by atoms with van der Waals surface area (Å²) in [6.45, 7) is 5.28. The van der Waals surface area contributed by atoms with Gasteiger partial charge in [0.2, 0.25) is 0 Å². The van der Waals surface area contributed by atoms with Gasteiger partial charge in [0, 0.05) is 23.5 Å². The Hall–Kier alpha value is -0.870. The lowest BCUT2D eigenvalue weighted by Crippen LogP contribution is -2.40. The van der Waals surface area contributed by atoms with Crippen LogP contribution in [0.4, 0.5) is 0 Å². The van der Waals surface area contributed by atoms with E-state index in [4.69, 9.17) is 0 Å². The van der Waals surface area contributed by atoms with E-state index >= 15 is 0 Å². The molecule has 2 heterocycles. The number of hydrogen-bond acceptors (Lipinski definition) is 3. The first kappa shape index (κ1) is 11.6. The monoisotopic (exact) mass is 238 g/mol. The highest BCUT2D eigenvalue weighted by Gasteiger charge is 2.18. The largest absolute Gasteiger partial charge is 0.350 e. The van der Waals surface area contributed by atoms with Crippen molar-refractivity contribution in [1.82, 2.24) is 10.2 Å². The molecule has 1 N–H and O–H groups in total. The van der Waals surface area contributed by atoms with Gasteiger partial charge in [0.25, 0.3) is 5.91 Å². The minimum absolute atomic E-state index is 0.0484. The fraction of sp³-hybridized carbons (Fsp3) is 0.583. The van der Waals surface area contributed by atoms with Gasteiger partial charge in [0.1, 0.15) is 0 Å². The first-order chi connectivity index (χ1) is 7.77. The van der Waals surface area contributed by atoms with E-state index in [1.807, 2.05) is 16.8 Å². The maximum absolute atomic E-state index is 11.7. The molecule has 3 nitrogen and oxygen atoms in total. The Morgan fingerprint density at radius 1 is 1.56 bits per heavy atom. The van der Waals surface area contributed by atoms with E-state index in [-0.39, 0.29) is 5.91 Å². The standard InChI is InChI=1S/C12H18N2OS/c1-10(14-5-2-3-6-14)8-13-12(15)11-4-7-16-9-11/h4,7,9-10H,2-3,5-6,8H2,1H3,(H,13,15)/t10-/m0/s1. The summed E-state index contributed by atoms with van der Waals surface area (Å²) in [6.07, 6.45) is 2.59. The van der Waals surface area contributed by atoms with Crippen molar-refractivity contribution < 1.29 is 4.79 Å². The Labute approximate surface area is 100 Å². The summed E-state index contributed by atoms with van der Waals surface area (Å²) in [7, 11) is 0. The van der Waals surface area contributed by atoms with Crippen LogP contribution in [0.3, 0.4) is 0 Å². The number of carbonyl (C=O) groups excluding carboxylic acids is 1. The number of rotatable bonds is 4. The van der Waals surface area contributed by atoms with Crippen molar-refractivity contribution in [2.24, 2.45) is 0 Å². The first-order valence-corrected chi connectivity index (χ1v) is 6.76. The van der Waals surface area contributed by atoms with E-state index in [0.29, 0.717) is 6.04 Å². The van der Waals surface area contributed by atoms with E-state index in [9.17, 15) is 4.79 Å². The Morgan fingerprint density at radius 3 is 2.94 bits per heavy atom. The van der Waals surface area contributed by atoms with Crippen molar-refractivity contribution in [3.63, 3.8) is 0 Å². The van der Waals surface area contributed by atoms with Crippen molar-refractivity contribution in [3.8, 4) is 0 Å². The lowest BCUT2D eigenvalue weighted by molar-refractivity contribution is 0.0941. The van der Waals surface area contributed by atoms with Crippen LogP contribution in [0, 0.1) is 0 Å². The molecule has 16 heavy (non-hydrogen) atoms. The second-order valence-corrected chi connectivity index (χ2v) is 5.09. The molecule has 1 amide bonds. The molecular formula is C12H18N2OS. The minimum atomic E-state index is 0.0484. The smallest absolute Gasteiger partial charge is 0.252 e. The van der Waals surface area contributed by atoms with Crippen LogP contribution < -0.4 is 5.32 Å². The highest BCUT2D eigenvalue weighted by molar-refractivity contribution is 7.08. The predicted octanol–water partition coefficient (Wildman–Crippen LogP) is 1.96. The normalized spacial score (nSPS) is 18.6. The quantitative estimate of drug-likeness (QED) is 0.869. The lowest BCUT2D eigenvalue weighted by Gasteiger charge is -2.23. The average molecular weight is 238 g/mol. The average Bonchev–Trinajstić information content (AvgIpc) is 2.95. The number of thiophene rings is 1. The summed E-state index contributed by atoms with van der Waals surface area (Å²) >= 11 is 1.56. The Balaban J connectivity index is 1.76. The van der Waals surface area contributed by atoms with Crippen LogP contribution in [-0.2, 0) is 0 Å². The zero-order valence-electron chi connectivity index (χ0n) is 9.61. The molecule has 4 heteroatoms. The topological polar surface area (TPSA) is 32.3 Å². The molecule has 0 saturated carbocycles. The first-order valence-electron chi connectivity index (χ1n) is 5.82. The predicted molar refractivity (Wildman–Crippen MR) is 66.9 cm³/mol. The van der Waals surface area contributed by atoms with Crippen LogP contribution in [0.1, 0.15) is 30.1 Å². The SMILES string of the molecule is C[C@@H](CNC(=O)c1ccsc1)N1CCCC1. The zero-order chi connectivity index (χ0) is 11.4. The molecule has 1 aliphatic heterocycles. The molecule has 1 fully saturated rings. The molecule has 0 aliphatic carbocycles. The van der Waals surface area contributed by atoms with Crippen molar-refractivity contribution in [1.29, 1.82) is 0 Å². The molecule has 0 spiro atoms. The Bertz CT molecular complexity index is 331. The lowest BCUT2D eigenvalue weighted by atomic mass is 10.2. The molecule has 0 aromatic carbocycles. The molecule has 1 aromatic heterocycles. The third kappa shape index (κ3) is 2.83.